The Labute approximate surface area is 60.3 Å². The molecule has 0 aliphatic heterocycles. The summed E-state index contributed by atoms with van der Waals surface area (Å²) in [6.07, 6.45) is 1.60. The van der Waals surface area contributed by atoms with Gasteiger partial charge in [-0.15, -0.1) is 5.54 Å². The van der Waals surface area contributed by atoms with Crippen LogP contribution in [0.2, 0.25) is 19.6 Å². The highest BCUT2D eigenvalue weighted by Crippen LogP contribution is 1.95. The van der Waals surface area contributed by atoms with Crippen LogP contribution in [0.1, 0.15) is 0 Å². The zero-order valence-corrected chi connectivity index (χ0v) is 8.13. The standard InChI is InChI=1S/C6H12OSSi/c1-8(7)5-6-9(2,3)4/h1-4H3. The molecule has 1 atom stereocenters. The first kappa shape index (κ1) is 8.93. The second-order valence-electron chi connectivity index (χ2n) is 2.93. The fourth-order valence-corrected chi connectivity index (χ4v) is 2.02. The highest BCUT2D eigenvalue weighted by atomic mass is 32.2. The van der Waals surface area contributed by atoms with Crippen LogP contribution in [-0.4, -0.2) is 18.5 Å². The van der Waals surface area contributed by atoms with Crippen LogP contribution in [0.4, 0.5) is 0 Å². The Kier molecular flexibility index (Phi) is 3.16. The van der Waals surface area contributed by atoms with Crippen molar-refractivity contribution >= 4 is 18.9 Å². The van der Waals surface area contributed by atoms with E-state index in [9.17, 15) is 4.21 Å². The molecular weight excluding hydrogens is 148 g/mol. The van der Waals surface area contributed by atoms with Crippen LogP contribution in [0.25, 0.3) is 0 Å². The molecule has 52 valence electrons. The van der Waals surface area contributed by atoms with E-state index in [4.69, 9.17) is 0 Å². The van der Waals surface area contributed by atoms with Gasteiger partial charge in [-0.05, 0) is 5.25 Å². The summed E-state index contributed by atoms with van der Waals surface area (Å²) in [7, 11) is -2.21. The summed E-state index contributed by atoms with van der Waals surface area (Å²) in [5.41, 5.74) is 3.01. The van der Waals surface area contributed by atoms with E-state index in [0.29, 0.717) is 0 Å². The zero-order valence-electron chi connectivity index (χ0n) is 6.32. The predicted octanol–water partition coefficient (Wildman–Crippen LogP) is 1.20. The molecule has 0 rings (SSSR count). The van der Waals surface area contributed by atoms with Crippen molar-refractivity contribution in [3.8, 4) is 10.8 Å². The van der Waals surface area contributed by atoms with Gasteiger partial charge in [0.1, 0.15) is 8.07 Å². The van der Waals surface area contributed by atoms with E-state index in [2.05, 4.69) is 30.4 Å². The fourth-order valence-electron chi connectivity index (χ4n) is 0.225. The molecule has 0 spiro atoms. The fraction of sp³-hybridized carbons (Fsp3) is 0.667. The summed E-state index contributed by atoms with van der Waals surface area (Å²) in [4.78, 5) is 0. The summed E-state index contributed by atoms with van der Waals surface area (Å²) < 4.78 is 10.5. The van der Waals surface area contributed by atoms with Gasteiger partial charge in [0, 0.05) is 6.26 Å². The van der Waals surface area contributed by atoms with Gasteiger partial charge in [-0.25, -0.2) is 4.21 Å². The third kappa shape index (κ3) is 7.93. The minimum Gasteiger partial charge on any atom is -0.246 e. The van der Waals surface area contributed by atoms with Crippen molar-refractivity contribution in [2.24, 2.45) is 0 Å². The molecule has 0 heterocycles. The predicted molar refractivity (Wildman–Crippen MR) is 45.2 cm³/mol. The normalized spacial score (nSPS) is 13.8. The van der Waals surface area contributed by atoms with Gasteiger partial charge in [0.15, 0.2) is 0 Å². The van der Waals surface area contributed by atoms with E-state index < -0.39 is 18.9 Å². The molecule has 0 radical (unpaired) electrons. The number of hydrogen-bond donors (Lipinski definition) is 0. The van der Waals surface area contributed by atoms with Gasteiger partial charge < -0.3 is 0 Å². The summed E-state index contributed by atoms with van der Waals surface area (Å²) in [6.45, 7) is 6.40. The maximum Gasteiger partial charge on any atom is 0.130 e. The maximum atomic E-state index is 10.5. The van der Waals surface area contributed by atoms with Gasteiger partial charge in [0.2, 0.25) is 0 Å². The number of hydrogen-bond acceptors (Lipinski definition) is 1. The summed E-state index contributed by atoms with van der Waals surface area (Å²) in [5.74, 6) is 0. The Morgan fingerprint density at radius 1 is 1.33 bits per heavy atom. The minimum absolute atomic E-state index is 0.938. The topological polar surface area (TPSA) is 17.1 Å². The second kappa shape index (κ2) is 3.19. The summed E-state index contributed by atoms with van der Waals surface area (Å²) >= 11 is 0. The first-order valence-electron chi connectivity index (χ1n) is 2.78. The van der Waals surface area contributed by atoms with E-state index in [-0.39, 0.29) is 0 Å². The van der Waals surface area contributed by atoms with Crippen molar-refractivity contribution in [2.75, 3.05) is 6.26 Å². The van der Waals surface area contributed by atoms with E-state index >= 15 is 0 Å². The van der Waals surface area contributed by atoms with E-state index in [1.165, 1.54) is 0 Å². The molecule has 0 aromatic rings. The van der Waals surface area contributed by atoms with Crippen LogP contribution in [-0.2, 0) is 10.8 Å². The van der Waals surface area contributed by atoms with Crippen LogP contribution in [0.3, 0.4) is 0 Å². The lowest BCUT2D eigenvalue weighted by Gasteiger charge is -2.01. The van der Waals surface area contributed by atoms with Crippen LogP contribution in [0.15, 0.2) is 0 Å². The number of rotatable bonds is 0. The largest absolute Gasteiger partial charge is 0.246 e. The van der Waals surface area contributed by atoms with E-state index in [1.54, 1.807) is 6.26 Å². The summed E-state index contributed by atoms with van der Waals surface area (Å²) in [6, 6.07) is 0. The zero-order chi connectivity index (χ0) is 7.49. The lowest BCUT2D eigenvalue weighted by atomic mass is 11.4. The molecule has 0 aliphatic rings. The van der Waals surface area contributed by atoms with Crippen molar-refractivity contribution in [1.29, 1.82) is 0 Å². The SMILES string of the molecule is CS(=O)C#C[Si](C)(C)C. The van der Waals surface area contributed by atoms with Gasteiger partial charge in [0.25, 0.3) is 0 Å². The highest BCUT2D eigenvalue weighted by Gasteiger charge is 2.07. The average Bonchev–Trinajstić information content (AvgIpc) is 1.59. The lowest BCUT2D eigenvalue weighted by molar-refractivity contribution is 0.692. The van der Waals surface area contributed by atoms with Gasteiger partial charge in [-0.2, -0.15) is 0 Å². The quantitative estimate of drug-likeness (QED) is 0.384. The Morgan fingerprint density at radius 2 is 1.78 bits per heavy atom. The van der Waals surface area contributed by atoms with Crippen molar-refractivity contribution in [3.63, 3.8) is 0 Å². The minimum atomic E-state index is -1.27. The van der Waals surface area contributed by atoms with Crippen molar-refractivity contribution in [1.82, 2.24) is 0 Å². The molecule has 0 amide bonds. The van der Waals surface area contributed by atoms with Gasteiger partial charge in [-0.1, -0.05) is 19.6 Å². The van der Waals surface area contributed by atoms with E-state index in [1.807, 2.05) is 0 Å². The molecule has 0 aromatic heterocycles. The third-order valence-corrected chi connectivity index (χ3v) is 2.02. The van der Waals surface area contributed by atoms with Crippen LogP contribution in [0.5, 0.6) is 0 Å². The molecule has 1 nitrogen and oxygen atoms in total. The van der Waals surface area contributed by atoms with Gasteiger partial charge in [-0.3, -0.25) is 0 Å². The Bertz CT molecular complexity index is 170. The van der Waals surface area contributed by atoms with Crippen molar-refractivity contribution in [2.45, 2.75) is 19.6 Å². The molecular formula is C6H12OSSi. The molecule has 0 aromatic carbocycles. The molecule has 0 bridgehead atoms. The molecule has 0 saturated heterocycles. The maximum absolute atomic E-state index is 10.5. The van der Waals surface area contributed by atoms with Crippen molar-refractivity contribution in [3.05, 3.63) is 0 Å². The first-order chi connectivity index (χ1) is 3.92. The Morgan fingerprint density at radius 3 is 1.89 bits per heavy atom. The Balaban J connectivity index is 4.04. The molecule has 0 aliphatic carbocycles. The monoisotopic (exact) mass is 160 g/mol. The lowest BCUT2D eigenvalue weighted by Crippen LogP contribution is -2.16. The average molecular weight is 160 g/mol. The molecule has 0 fully saturated rings. The molecule has 1 unspecified atom stereocenters. The first-order valence-corrected chi connectivity index (χ1v) is 7.84. The van der Waals surface area contributed by atoms with Gasteiger partial charge >= 0.3 is 0 Å². The van der Waals surface area contributed by atoms with Crippen molar-refractivity contribution < 1.29 is 4.21 Å². The molecule has 0 N–H and O–H groups in total. The summed E-state index contributed by atoms with van der Waals surface area (Å²) in [5, 5.41) is 2.67. The van der Waals surface area contributed by atoms with Crippen LogP contribution < -0.4 is 0 Å². The van der Waals surface area contributed by atoms with E-state index in [0.717, 1.165) is 0 Å². The molecule has 3 heteroatoms. The van der Waals surface area contributed by atoms with Crippen LogP contribution in [0, 0.1) is 10.8 Å². The third-order valence-electron chi connectivity index (χ3n) is 0.570. The smallest absolute Gasteiger partial charge is 0.130 e. The van der Waals surface area contributed by atoms with Crippen LogP contribution >= 0.6 is 0 Å². The van der Waals surface area contributed by atoms with Gasteiger partial charge in [0.05, 0.1) is 10.8 Å². The Hall–Kier alpha value is -0.0731. The highest BCUT2D eigenvalue weighted by molar-refractivity contribution is 7.89. The molecule has 0 saturated carbocycles. The molecule has 9 heavy (non-hydrogen) atoms. The second-order valence-corrected chi connectivity index (χ2v) is 8.79.